The maximum absolute atomic E-state index is 6.29. The molecule has 0 aliphatic heterocycles. The molecule has 1 aromatic carbocycles. The van der Waals surface area contributed by atoms with Crippen molar-refractivity contribution >= 4 is 28.6 Å². The average molecular weight is 235 g/mol. The SMILES string of the molecule is C/C=C\c1c(Cl)cc2[nH]ncc2c1C(C)C. The van der Waals surface area contributed by atoms with E-state index in [0.717, 1.165) is 21.5 Å². The Hall–Kier alpha value is -1.28. The number of allylic oxidation sites excluding steroid dienone is 1. The van der Waals surface area contributed by atoms with E-state index in [1.807, 2.05) is 25.3 Å². The summed E-state index contributed by atoms with van der Waals surface area (Å²) in [6, 6.07) is 1.94. The van der Waals surface area contributed by atoms with Gasteiger partial charge in [-0.15, -0.1) is 0 Å². The number of hydrogen-bond acceptors (Lipinski definition) is 1. The van der Waals surface area contributed by atoms with Crippen LogP contribution in [0.3, 0.4) is 0 Å². The lowest BCUT2D eigenvalue weighted by molar-refractivity contribution is 0.874. The van der Waals surface area contributed by atoms with Gasteiger partial charge in [-0.05, 0) is 30.0 Å². The highest BCUT2D eigenvalue weighted by molar-refractivity contribution is 6.33. The van der Waals surface area contributed by atoms with E-state index < -0.39 is 0 Å². The second-order valence-electron chi connectivity index (χ2n) is 4.17. The number of nitrogens with one attached hydrogen (secondary N) is 1. The summed E-state index contributed by atoms with van der Waals surface area (Å²) in [6.07, 6.45) is 5.94. The molecule has 16 heavy (non-hydrogen) atoms. The van der Waals surface area contributed by atoms with Crippen molar-refractivity contribution < 1.29 is 0 Å². The summed E-state index contributed by atoms with van der Waals surface area (Å²) in [5.41, 5.74) is 3.37. The summed E-state index contributed by atoms with van der Waals surface area (Å²) in [7, 11) is 0. The van der Waals surface area contributed by atoms with Crippen LogP contribution in [0, 0.1) is 0 Å². The van der Waals surface area contributed by atoms with Crippen LogP contribution in [0.4, 0.5) is 0 Å². The molecule has 3 heteroatoms. The van der Waals surface area contributed by atoms with E-state index in [9.17, 15) is 0 Å². The largest absolute Gasteiger partial charge is 0.278 e. The summed E-state index contributed by atoms with van der Waals surface area (Å²) in [5.74, 6) is 0.421. The van der Waals surface area contributed by atoms with Gasteiger partial charge in [-0.2, -0.15) is 5.10 Å². The Morgan fingerprint density at radius 2 is 2.19 bits per heavy atom. The molecule has 1 N–H and O–H groups in total. The maximum atomic E-state index is 6.29. The molecule has 0 fully saturated rings. The van der Waals surface area contributed by atoms with Crippen LogP contribution >= 0.6 is 11.6 Å². The minimum absolute atomic E-state index is 0.421. The number of rotatable bonds is 2. The van der Waals surface area contributed by atoms with Gasteiger partial charge in [0.15, 0.2) is 0 Å². The van der Waals surface area contributed by atoms with E-state index in [2.05, 4.69) is 30.1 Å². The molecule has 0 radical (unpaired) electrons. The van der Waals surface area contributed by atoms with Crippen molar-refractivity contribution in [3.8, 4) is 0 Å². The first-order valence-electron chi connectivity index (χ1n) is 5.43. The second-order valence-corrected chi connectivity index (χ2v) is 4.58. The fourth-order valence-corrected chi connectivity index (χ4v) is 2.33. The molecule has 0 bridgehead atoms. The molecule has 0 saturated heterocycles. The highest BCUT2D eigenvalue weighted by Gasteiger charge is 2.14. The van der Waals surface area contributed by atoms with Crippen molar-refractivity contribution in [3.05, 3.63) is 34.5 Å². The Morgan fingerprint density at radius 1 is 1.44 bits per heavy atom. The van der Waals surface area contributed by atoms with Crippen molar-refractivity contribution in [1.82, 2.24) is 10.2 Å². The van der Waals surface area contributed by atoms with Crippen LogP contribution in [-0.4, -0.2) is 10.2 Å². The van der Waals surface area contributed by atoms with Crippen molar-refractivity contribution in [2.24, 2.45) is 0 Å². The minimum atomic E-state index is 0.421. The summed E-state index contributed by atoms with van der Waals surface area (Å²) in [5, 5.41) is 8.98. The first-order valence-corrected chi connectivity index (χ1v) is 5.81. The Morgan fingerprint density at radius 3 is 2.81 bits per heavy atom. The molecule has 2 rings (SSSR count). The third kappa shape index (κ3) is 1.74. The quantitative estimate of drug-likeness (QED) is 0.821. The van der Waals surface area contributed by atoms with Crippen LogP contribution in [0.15, 0.2) is 18.3 Å². The summed E-state index contributed by atoms with van der Waals surface area (Å²) in [6.45, 7) is 6.34. The molecule has 0 spiro atoms. The number of H-pyrrole nitrogens is 1. The lowest BCUT2D eigenvalue weighted by Crippen LogP contribution is -1.94. The van der Waals surface area contributed by atoms with Crippen LogP contribution in [-0.2, 0) is 0 Å². The molecule has 0 unspecified atom stereocenters. The Balaban J connectivity index is 2.84. The van der Waals surface area contributed by atoms with Crippen molar-refractivity contribution in [2.45, 2.75) is 26.7 Å². The van der Waals surface area contributed by atoms with Crippen molar-refractivity contribution in [1.29, 1.82) is 0 Å². The van der Waals surface area contributed by atoms with Crippen molar-refractivity contribution in [3.63, 3.8) is 0 Å². The second kappa shape index (κ2) is 4.30. The molecular weight excluding hydrogens is 220 g/mol. The zero-order chi connectivity index (χ0) is 11.7. The predicted molar refractivity (Wildman–Crippen MR) is 69.9 cm³/mol. The Kier molecular flexibility index (Phi) is 3.01. The fraction of sp³-hybridized carbons (Fsp3) is 0.308. The first-order chi connectivity index (χ1) is 7.65. The van der Waals surface area contributed by atoms with Gasteiger partial charge >= 0.3 is 0 Å². The van der Waals surface area contributed by atoms with Crippen molar-refractivity contribution in [2.75, 3.05) is 0 Å². The number of aromatic amines is 1. The van der Waals surface area contributed by atoms with Crippen LogP contribution in [0.25, 0.3) is 17.0 Å². The number of nitrogens with zero attached hydrogens (tertiary/aromatic N) is 1. The van der Waals surface area contributed by atoms with Crippen LogP contribution in [0.1, 0.15) is 37.8 Å². The van der Waals surface area contributed by atoms with E-state index >= 15 is 0 Å². The van der Waals surface area contributed by atoms with E-state index in [0.29, 0.717) is 5.92 Å². The normalized spacial score (nSPS) is 12.1. The smallest absolute Gasteiger partial charge is 0.0668 e. The van der Waals surface area contributed by atoms with E-state index in [1.54, 1.807) is 0 Å². The van der Waals surface area contributed by atoms with Gasteiger partial charge in [0.2, 0.25) is 0 Å². The molecule has 2 nitrogen and oxygen atoms in total. The minimum Gasteiger partial charge on any atom is -0.278 e. The first kappa shape index (κ1) is 11.2. The van der Waals surface area contributed by atoms with Gasteiger partial charge in [0.25, 0.3) is 0 Å². The van der Waals surface area contributed by atoms with Crippen LogP contribution in [0.5, 0.6) is 0 Å². The molecule has 0 saturated carbocycles. The van der Waals surface area contributed by atoms with E-state index in [1.165, 1.54) is 5.56 Å². The molecule has 1 aromatic heterocycles. The molecule has 0 atom stereocenters. The zero-order valence-electron chi connectivity index (χ0n) is 9.71. The Bertz CT molecular complexity index is 538. The molecule has 1 heterocycles. The maximum Gasteiger partial charge on any atom is 0.0668 e. The number of fused-ring (bicyclic) bond motifs is 1. The lowest BCUT2D eigenvalue weighted by Gasteiger charge is -2.13. The molecule has 0 aliphatic rings. The van der Waals surface area contributed by atoms with E-state index in [-0.39, 0.29) is 0 Å². The van der Waals surface area contributed by atoms with Gasteiger partial charge in [-0.3, -0.25) is 5.10 Å². The predicted octanol–water partition coefficient (Wildman–Crippen LogP) is 4.37. The monoisotopic (exact) mass is 234 g/mol. The molecule has 2 aromatic rings. The lowest BCUT2D eigenvalue weighted by atomic mass is 9.93. The topological polar surface area (TPSA) is 28.7 Å². The highest BCUT2D eigenvalue weighted by atomic mass is 35.5. The van der Waals surface area contributed by atoms with Crippen LogP contribution in [0.2, 0.25) is 5.02 Å². The van der Waals surface area contributed by atoms with Gasteiger partial charge in [-0.1, -0.05) is 37.6 Å². The summed E-state index contributed by atoms with van der Waals surface area (Å²) in [4.78, 5) is 0. The number of benzene rings is 1. The highest BCUT2D eigenvalue weighted by Crippen LogP contribution is 2.34. The molecule has 0 amide bonds. The third-order valence-electron chi connectivity index (χ3n) is 2.69. The third-order valence-corrected chi connectivity index (χ3v) is 3.00. The van der Waals surface area contributed by atoms with Crippen LogP contribution < -0.4 is 0 Å². The fourth-order valence-electron chi connectivity index (χ4n) is 2.06. The standard InChI is InChI=1S/C13H15ClN2/c1-4-5-9-11(14)6-12-10(7-15-16-12)13(9)8(2)3/h4-8H,1-3H3,(H,15,16)/b5-4-. The van der Waals surface area contributed by atoms with Gasteiger partial charge in [0.1, 0.15) is 0 Å². The number of halogens is 1. The molecule has 84 valence electrons. The molecule has 0 aliphatic carbocycles. The van der Waals surface area contributed by atoms with Gasteiger partial charge < -0.3 is 0 Å². The van der Waals surface area contributed by atoms with Gasteiger partial charge in [-0.25, -0.2) is 0 Å². The van der Waals surface area contributed by atoms with Gasteiger partial charge in [0, 0.05) is 5.39 Å². The van der Waals surface area contributed by atoms with Gasteiger partial charge in [0.05, 0.1) is 16.7 Å². The zero-order valence-corrected chi connectivity index (χ0v) is 10.5. The van der Waals surface area contributed by atoms with E-state index in [4.69, 9.17) is 11.6 Å². The molecular formula is C13H15ClN2. The summed E-state index contributed by atoms with van der Waals surface area (Å²) < 4.78 is 0. The summed E-state index contributed by atoms with van der Waals surface area (Å²) >= 11 is 6.29. The number of hydrogen-bond donors (Lipinski definition) is 1. The number of aromatic nitrogens is 2. The average Bonchev–Trinajstić information content (AvgIpc) is 2.65. The Labute approximate surface area is 100 Å².